The van der Waals surface area contributed by atoms with Gasteiger partial charge in [0.15, 0.2) is 0 Å². The summed E-state index contributed by atoms with van der Waals surface area (Å²) >= 11 is 2.04. The molecule has 0 bridgehead atoms. The number of aryl methyl sites for hydroxylation is 2. The summed E-state index contributed by atoms with van der Waals surface area (Å²) in [6.45, 7) is 5.88. The fourth-order valence-corrected chi connectivity index (χ4v) is 1.64. The molecule has 0 fully saturated rings. The predicted molar refractivity (Wildman–Crippen MR) is 67.1 cm³/mol. The highest BCUT2D eigenvalue weighted by Gasteiger charge is 2.04. The predicted octanol–water partition coefficient (Wildman–Crippen LogP) is 1.58. The molecule has 15 heavy (non-hydrogen) atoms. The van der Waals surface area contributed by atoms with Crippen LogP contribution >= 0.6 is 22.6 Å². The Bertz CT molecular complexity index is 376. The van der Waals surface area contributed by atoms with E-state index in [0.717, 1.165) is 18.7 Å². The fraction of sp³-hybridized carbons (Fsp3) is 0.600. The van der Waals surface area contributed by atoms with E-state index in [1.54, 1.807) is 10.9 Å². The molecule has 0 aromatic carbocycles. The second kappa shape index (κ2) is 6.22. The van der Waals surface area contributed by atoms with Crippen molar-refractivity contribution in [3.05, 3.63) is 25.9 Å². The Morgan fingerprint density at radius 1 is 1.60 bits per heavy atom. The number of hydrogen-bond donors (Lipinski definition) is 0. The van der Waals surface area contributed by atoms with E-state index < -0.39 is 0 Å². The van der Waals surface area contributed by atoms with E-state index in [1.807, 2.05) is 36.4 Å². The molecule has 1 aromatic heterocycles. The fourth-order valence-electron chi connectivity index (χ4n) is 1.19. The van der Waals surface area contributed by atoms with Gasteiger partial charge in [0.25, 0.3) is 5.56 Å². The van der Waals surface area contributed by atoms with E-state index in [4.69, 9.17) is 4.74 Å². The van der Waals surface area contributed by atoms with Crippen LogP contribution in [0.4, 0.5) is 0 Å². The van der Waals surface area contributed by atoms with Crippen LogP contribution in [0.1, 0.15) is 19.0 Å². The first-order valence-electron chi connectivity index (χ1n) is 4.96. The van der Waals surface area contributed by atoms with Crippen molar-refractivity contribution < 1.29 is 4.74 Å². The molecule has 1 aromatic rings. The van der Waals surface area contributed by atoms with Crippen molar-refractivity contribution in [2.45, 2.75) is 26.8 Å². The minimum Gasteiger partial charge on any atom is -0.382 e. The van der Waals surface area contributed by atoms with Gasteiger partial charge in [-0.2, -0.15) is 0 Å². The summed E-state index contributed by atoms with van der Waals surface area (Å²) in [7, 11) is 0. The standard InChI is InChI=1S/C10H15IN2O2/c1-3-15-6-4-5-13-7-12-8(2)9(11)10(13)14/h7H,3-6H2,1-2H3. The molecule has 0 saturated heterocycles. The Hall–Kier alpha value is -0.430. The monoisotopic (exact) mass is 322 g/mol. The second-order valence-electron chi connectivity index (χ2n) is 3.19. The zero-order valence-electron chi connectivity index (χ0n) is 8.99. The van der Waals surface area contributed by atoms with Gasteiger partial charge >= 0.3 is 0 Å². The van der Waals surface area contributed by atoms with E-state index in [0.29, 0.717) is 16.7 Å². The van der Waals surface area contributed by atoms with Crippen molar-refractivity contribution in [1.29, 1.82) is 0 Å². The number of nitrogens with zero attached hydrogens (tertiary/aromatic N) is 2. The van der Waals surface area contributed by atoms with Gasteiger partial charge in [-0.25, -0.2) is 4.98 Å². The average molecular weight is 322 g/mol. The summed E-state index contributed by atoms with van der Waals surface area (Å²) in [5.41, 5.74) is 0.834. The third-order valence-corrected chi connectivity index (χ3v) is 3.29. The van der Waals surface area contributed by atoms with Gasteiger partial charge in [-0.1, -0.05) is 0 Å². The number of hydrogen-bond acceptors (Lipinski definition) is 3. The zero-order chi connectivity index (χ0) is 11.3. The maximum atomic E-state index is 11.7. The number of ether oxygens (including phenoxy) is 1. The van der Waals surface area contributed by atoms with Crippen LogP contribution < -0.4 is 5.56 Å². The van der Waals surface area contributed by atoms with Crippen LogP contribution in [0.3, 0.4) is 0 Å². The van der Waals surface area contributed by atoms with Crippen LogP contribution in [0.5, 0.6) is 0 Å². The first-order valence-corrected chi connectivity index (χ1v) is 6.04. The van der Waals surface area contributed by atoms with Gasteiger partial charge in [-0.3, -0.25) is 9.36 Å². The normalized spacial score (nSPS) is 10.6. The summed E-state index contributed by atoms with van der Waals surface area (Å²) in [5.74, 6) is 0. The number of halogens is 1. The third kappa shape index (κ3) is 3.57. The Labute approximate surface area is 103 Å². The SMILES string of the molecule is CCOCCCn1cnc(C)c(I)c1=O. The minimum atomic E-state index is 0.0413. The van der Waals surface area contributed by atoms with Crippen LogP contribution in [0.2, 0.25) is 0 Å². The first-order chi connectivity index (χ1) is 7.16. The molecule has 0 aliphatic heterocycles. The molecule has 0 unspecified atom stereocenters. The van der Waals surface area contributed by atoms with E-state index in [9.17, 15) is 4.79 Å². The molecule has 0 atom stereocenters. The van der Waals surface area contributed by atoms with Gasteiger partial charge in [-0.15, -0.1) is 0 Å². The molecule has 0 amide bonds. The van der Waals surface area contributed by atoms with Gasteiger partial charge in [0.1, 0.15) is 0 Å². The quantitative estimate of drug-likeness (QED) is 0.611. The first kappa shape index (κ1) is 12.6. The highest BCUT2D eigenvalue weighted by atomic mass is 127. The summed E-state index contributed by atoms with van der Waals surface area (Å²) in [5, 5.41) is 0. The van der Waals surface area contributed by atoms with E-state index in [1.165, 1.54) is 0 Å². The molecule has 84 valence electrons. The van der Waals surface area contributed by atoms with Crippen molar-refractivity contribution in [3.8, 4) is 0 Å². The van der Waals surface area contributed by atoms with E-state index >= 15 is 0 Å². The molecule has 0 saturated carbocycles. The lowest BCUT2D eigenvalue weighted by Gasteiger charge is -2.06. The Morgan fingerprint density at radius 3 is 3.00 bits per heavy atom. The van der Waals surface area contributed by atoms with Gasteiger partial charge in [0.05, 0.1) is 15.6 Å². The van der Waals surface area contributed by atoms with E-state index in [-0.39, 0.29) is 5.56 Å². The molecule has 0 spiro atoms. The van der Waals surface area contributed by atoms with Crippen molar-refractivity contribution in [1.82, 2.24) is 9.55 Å². The lowest BCUT2D eigenvalue weighted by atomic mass is 10.4. The van der Waals surface area contributed by atoms with Gasteiger partial charge in [0.2, 0.25) is 0 Å². The topological polar surface area (TPSA) is 44.1 Å². The van der Waals surface area contributed by atoms with Crippen molar-refractivity contribution in [3.63, 3.8) is 0 Å². The van der Waals surface area contributed by atoms with Crippen LogP contribution in [0.25, 0.3) is 0 Å². The zero-order valence-corrected chi connectivity index (χ0v) is 11.2. The van der Waals surface area contributed by atoms with Gasteiger partial charge in [-0.05, 0) is 42.9 Å². The van der Waals surface area contributed by atoms with Gasteiger partial charge < -0.3 is 4.74 Å². The summed E-state index contributed by atoms with van der Waals surface area (Å²) < 4.78 is 7.54. The highest BCUT2D eigenvalue weighted by molar-refractivity contribution is 14.1. The second-order valence-corrected chi connectivity index (χ2v) is 4.27. The lowest BCUT2D eigenvalue weighted by Crippen LogP contribution is -2.24. The number of rotatable bonds is 5. The minimum absolute atomic E-state index is 0.0413. The maximum Gasteiger partial charge on any atom is 0.267 e. The molecule has 0 radical (unpaired) electrons. The summed E-state index contributed by atoms with van der Waals surface area (Å²) in [6.07, 6.45) is 2.44. The smallest absolute Gasteiger partial charge is 0.267 e. The Morgan fingerprint density at radius 2 is 2.33 bits per heavy atom. The van der Waals surface area contributed by atoms with Crippen molar-refractivity contribution >= 4 is 22.6 Å². The van der Waals surface area contributed by atoms with Crippen LogP contribution in [0, 0.1) is 10.5 Å². The van der Waals surface area contributed by atoms with Crippen LogP contribution in [-0.2, 0) is 11.3 Å². The van der Waals surface area contributed by atoms with Crippen LogP contribution in [0.15, 0.2) is 11.1 Å². The van der Waals surface area contributed by atoms with Crippen molar-refractivity contribution in [2.75, 3.05) is 13.2 Å². The van der Waals surface area contributed by atoms with Gasteiger partial charge in [0, 0.05) is 19.8 Å². The molecule has 0 aliphatic carbocycles. The Balaban J connectivity index is 2.63. The lowest BCUT2D eigenvalue weighted by molar-refractivity contribution is 0.141. The molecule has 1 heterocycles. The molecule has 0 aliphatic rings. The highest BCUT2D eigenvalue weighted by Crippen LogP contribution is 2.01. The molecular formula is C10H15IN2O2. The number of aromatic nitrogens is 2. The van der Waals surface area contributed by atoms with Crippen molar-refractivity contribution in [2.24, 2.45) is 0 Å². The molecule has 5 heteroatoms. The average Bonchev–Trinajstić information content (AvgIpc) is 2.24. The molecule has 4 nitrogen and oxygen atoms in total. The largest absolute Gasteiger partial charge is 0.382 e. The maximum absolute atomic E-state index is 11.7. The van der Waals surface area contributed by atoms with E-state index in [2.05, 4.69) is 4.98 Å². The molecular weight excluding hydrogens is 307 g/mol. The van der Waals surface area contributed by atoms with Crippen LogP contribution in [-0.4, -0.2) is 22.8 Å². The molecule has 0 N–H and O–H groups in total. The molecule has 1 rings (SSSR count). The summed E-state index contributed by atoms with van der Waals surface area (Å²) in [4.78, 5) is 15.9. The Kier molecular flexibility index (Phi) is 5.24. The summed E-state index contributed by atoms with van der Waals surface area (Å²) in [6, 6.07) is 0. The third-order valence-electron chi connectivity index (χ3n) is 2.05.